The summed E-state index contributed by atoms with van der Waals surface area (Å²) in [6, 6.07) is 6.33. The molecule has 0 saturated carbocycles. The zero-order valence-corrected chi connectivity index (χ0v) is 6.88. The van der Waals surface area contributed by atoms with Gasteiger partial charge in [-0.3, -0.25) is 0 Å². The van der Waals surface area contributed by atoms with Crippen LogP contribution in [0.2, 0.25) is 0 Å². The molecule has 0 amide bonds. The Kier molecular flexibility index (Phi) is 5.64. The third-order valence-electron chi connectivity index (χ3n) is 0.942. The van der Waals surface area contributed by atoms with Gasteiger partial charge in [0.05, 0.1) is 0 Å². The van der Waals surface area contributed by atoms with Crippen molar-refractivity contribution in [3.05, 3.63) is 24.3 Å². The molecule has 0 bridgehead atoms. The molecule has 1 rings (SSSR count). The molecule has 62 valence electrons. The Morgan fingerprint density at radius 3 is 1.91 bits per heavy atom. The molecule has 0 aliphatic carbocycles. The first-order valence-electron chi connectivity index (χ1n) is 2.88. The normalized spacial score (nSPS) is 8.27. The molecule has 0 radical (unpaired) electrons. The van der Waals surface area contributed by atoms with Crippen molar-refractivity contribution in [3.63, 3.8) is 0 Å². The number of phenolic OH excluding ortho intramolecular Hbond substituents is 1. The molecule has 0 spiro atoms. The topological polar surface area (TPSA) is 60.7 Å². The van der Waals surface area contributed by atoms with Gasteiger partial charge in [-0.05, 0) is 24.3 Å². The summed E-state index contributed by atoms with van der Waals surface area (Å²) in [6.45, 7) is 0. The molecule has 1 aromatic rings. The summed E-state index contributed by atoms with van der Waals surface area (Å²) in [5, 5.41) is 15.8. The third kappa shape index (κ3) is 3.87. The first-order chi connectivity index (χ1) is 5.33. The second-order valence-corrected chi connectivity index (χ2v) is 2.24. The monoisotopic (exact) mass is 174 g/mol. The van der Waals surface area contributed by atoms with Gasteiger partial charge in [-0.25, -0.2) is 0 Å². The van der Waals surface area contributed by atoms with Crippen molar-refractivity contribution in [2.75, 3.05) is 7.11 Å². The highest BCUT2D eigenvalue weighted by atomic mass is 32.2. The smallest absolute Gasteiger partial charge is 0.115 e. The van der Waals surface area contributed by atoms with E-state index < -0.39 is 0 Å². The second-order valence-electron chi connectivity index (χ2n) is 1.59. The van der Waals surface area contributed by atoms with Gasteiger partial charge in [0.2, 0.25) is 0 Å². The van der Waals surface area contributed by atoms with E-state index in [9.17, 15) is 0 Å². The summed E-state index contributed by atoms with van der Waals surface area (Å²) >= 11 is 0.666. The van der Waals surface area contributed by atoms with Gasteiger partial charge in [-0.1, -0.05) is 0 Å². The van der Waals surface area contributed by atoms with E-state index in [0.29, 0.717) is 12.0 Å². The highest BCUT2D eigenvalue weighted by Crippen LogP contribution is 2.16. The van der Waals surface area contributed by atoms with Crippen molar-refractivity contribution >= 4 is 12.0 Å². The standard InChI is InChI=1S/C6H6O2S.CH4O/c7-5-1-3-6(9-8)4-2-5;1-2/h1-4,7-8H;2H,1H3. The number of aromatic hydroxyl groups is 1. The molecule has 0 aliphatic heterocycles. The lowest BCUT2D eigenvalue weighted by Gasteiger charge is -1.91. The van der Waals surface area contributed by atoms with E-state index in [2.05, 4.69) is 0 Å². The van der Waals surface area contributed by atoms with E-state index in [1.54, 1.807) is 12.1 Å². The van der Waals surface area contributed by atoms with Crippen molar-refractivity contribution in [2.24, 2.45) is 0 Å². The molecule has 1 aromatic carbocycles. The highest BCUT2D eigenvalue weighted by Gasteiger charge is 1.88. The highest BCUT2D eigenvalue weighted by molar-refractivity contribution is 7.93. The van der Waals surface area contributed by atoms with Gasteiger partial charge in [0.15, 0.2) is 0 Å². The molecule has 0 aliphatic rings. The van der Waals surface area contributed by atoms with Crippen LogP contribution in [0.1, 0.15) is 0 Å². The molecule has 0 unspecified atom stereocenters. The zero-order chi connectivity index (χ0) is 8.69. The molecule has 3 nitrogen and oxygen atoms in total. The lowest BCUT2D eigenvalue weighted by molar-refractivity contribution is 0.399. The SMILES string of the molecule is CO.OSc1ccc(O)cc1. The maximum Gasteiger partial charge on any atom is 0.115 e. The Balaban J connectivity index is 0.000000461. The van der Waals surface area contributed by atoms with Crippen LogP contribution in [0.5, 0.6) is 5.75 Å². The molecule has 0 heterocycles. The van der Waals surface area contributed by atoms with Gasteiger partial charge in [-0.2, -0.15) is 0 Å². The van der Waals surface area contributed by atoms with E-state index in [1.807, 2.05) is 0 Å². The number of benzene rings is 1. The molecule has 0 fully saturated rings. The molecule has 4 heteroatoms. The van der Waals surface area contributed by atoms with Gasteiger partial charge in [0, 0.05) is 24.0 Å². The van der Waals surface area contributed by atoms with Gasteiger partial charge < -0.3 is 14.8 Å². The van der Waals surface area contributed by atoms with E-state index in [-0.39, 0.29) is 5.75 Å². The minimum Gasteiger partial charge on any atom is -0.508 e. The number of phenols is 1. The number of aliphatic hydroxyl groups excluding tert-OH is 1. The number of hydrogen-bond acceptors (Lipinski definition) is 4. The fourth-order valence-electron chi connectivity index (χ4n) is 0.507. The molecule has 3 N–H and O–H groups in total. The Bertz CT molecular complexity index is 185. The molecule has 11 heavy (non-hydrogen) atoms. The fraction of sp³-hybridized carbons (Fsp3) is 0.143. The van der Waals surface area contributed by atoms with Crippen LogP contribution < -0.4 is 0 Å². The minimum atomic E-state index is 0.216. The maximum atomic E-state index is 8.76. The van der Waals surface area contributed by atoms with E-state index in [0.717, 1.165) is 12.0 Å². The lowest BCUT2D eigenvalue weighted by atomic mass is 10.3. The summed E-state index contributed by atoms with van der Waals surface area (Å²) in [7, 11) is 1.00. The summed E-state index contributed by atoms with van der Waals surface area (Å²) < 4.78 is 8.46. The summed E-state index contributed by atoms with van der Waals surface area (Å²) in [5.74, 6) is 0.216. The summed E-state index contributed by atoms with van der Waals surface area (Å²) in [4.78, 5) is 0.729. The molecular formula is C7H10O3S. The van der Waals surface area contributed by atoms with Crippen LogP contribution in [0.15, 0.2) is 29.2 Å². The van der Waals surface area contributed by atoms with Gasteiger partial charge in [0.1, 0.15) is 5.75 Å². The van der Waals surface area contributed by atoms with E-state index in [4.69, 9.17) is 14.8 Å². The van der Waals surface area contributed by atoms with Crippen LogP contribution in [0.4, 0.5) is 0 Å². The van der Waals surface area contributed by atoms with Crippen LogP contribution in [0, 0.1) is 0 Å². The summed E-state index contributed by atoms with van der Waals surface area (Å²) in [6.07, 6.45) is 0. The maximum absolute atomic E-state index is 8.76. The Morgan fingerprint density at radius 1 is 1.09 bits per heavy atom. The van der Waals surface area contributed by atoms with Crippen molar-refractivity contribution in [1.82, 2.24) is 0 Å². The quantitative estimate of drug-likeness (QED) is 0.565. The first-order valence-corrected chi connectivity index (χ1v) is 3.65. The van der Waals surface area contributed by atoms with Crippen molar-refractivity contribution in [2.45, 2.75) is 4.90 Å². The van der Waals surface area contributed by atoms with Crippen LogP contribution >= 0.6 is 12.0 Å². The van der Waals surface area contributed by atoms with E-state index >= 15 is 0 Å². The van der Waals surface area contributed by atoms with Crippen molar-refractivity contribution in [3.8, 4) is 5.75 Å². The van der Waals surface area contributed by atoms with Gasteiger partial charge >= 0.3 is 0 Å². The Hall–Kier alpha value is -0.710. The van der Waals surface area contributed by atoms with Crippen molar-refractivity contribution in [1.29, 1.82) is 0 Å². The minimum absolute atomic E-state index is 0.216. The average Bonchev–Trinajstić information content (AvgIpc) is 2.10. The van der Waals surface area contributed by atoms with Crippen LogP contribution in [0.3, 0.4) is 0 Å². The van der Waals surface area contributed by atoms with Gasteiger partial charge in [0.25, 0.3) is 0 Å². The van der Waals surface area contributed by atoms with E-state index in [1.165, 1.54) is 12.1 Å². The Labute approximate surface area is 69.5 Å². The first kappa shape index (κ1) is 10.3. The van der Waals surface area contributed by atoms with Crippen LogP contribution in [-0.2, 0) is 0 Å². The molecule has 0 atom stereocenters. The number of aliphatic hydroxyl groups is 1. The van der Waals surface area contributed by atoms with Crippen LogP contribution in [-0.4, -0.2) is 21.9 Å². The van der Waals surface area contributed by atoms with Crippen molar-refractivity contribution < 1.29 is 14.8 Å². The summed E-state index contributed by atoms with van der Waals surface area (Å²) in [5.41, 5.74) is 0. The van der Waals surface area contributed by atoms with Gasteiger partial charge in [-0.15, -0.1) is 0 Å². The molecule has 0 aromatic heterocycles. The zero-order valence-electron chi connectivity index (χ0n) is 6.06. The molecular weight excluding hydrogens is 164 g/mol. The predicted molar refractivity (Wildman–Crippen MR) is 44.7 cm³/mol. The van der Waals surface area contributed by atoms with Crippen LogP contribution in [0.25, 0.3) is 0 Å². The number of rotatable bonds is 1. The Morgan fingerprint density at radius 2 is 1.55 bits per heavy atom. The average molecular weight is 174 g/mol. The number of hydrogen-bond donors (Lipinski definition) is 3. The second kappa shape index (κ2) is 6.03. The third-order valence-corrected chi connectivity index (χ3v) is 1.43. The fourth-order valence-corrected chi connectivity index (χ4v) is 0.765. The lowest BCUT2D eigenvalue weighted by Crippen LogP contribution is -1.66. The largest absolute Gasteiger partial charge is 0.508 e. The predicted octanol–water partition coefficient (Wildman–Crippen LogP) is 1.57. The molecule has 0 saturated heterocycles.